The number of para-hydroxylation sites is 1. The fourth-order valence-corrected chi connectivity index (χ4v) is 5.80. The van der Waals surface area contributed by atoms with Crippen LogP contribution in [0.4, 0.5) is 5.69 Å². The molecule has 1 atom stereocenters. The van der Waals surface area contributed by atoms with Gasteiger partial charge >= 0.3 is 0 Å². The Hall–Kier alpha value is -4.83. The lowest BCUT2D eigenvalue weighted by atomic mass is 10.1. The van der Waals surface area contributed by atoms with Crippen LogP contribution < -0.4 is 19.1 Å². The van der Waals surface area contributed by atoms with Crippen LogP contribution >= 0.6 is 0 Å². The molecule has 43 heavy (non-hydrogen) atoms. The molecule has 0 fully saturated rings. The summed E-state index contributed by atoms with van der Waals surface area (Å²) in [6, 6.07) is 28.3. The number of rotatable bonds is 12. The Morgan fingerprint density at radius 3 is 1.98 bits per heavy atom. The maximum Gasteiger partial charge on any atom is 0.264 e. The number of nitrogens with one attached hydrogen (secondary N) is 1. The van der Waals surface area contributed by atoms with Crippen LogP contribution in [0, 0.1) is 6.92 Å². The summed E-state index contributed by atoms with van der Waals surface area (Å²) >= 11 is 0. The van der Waals surface area contributed by atoms with Crippen molar-refractivity contribution in [3.05, 3.63) is 114 Å². The van der Waals surface area contributed by atoms with Crippen molar-refractivity contribution in [2.75, 3.05) is 25.0 Å². The number of hydrogen-bond acceptors (Lipinski definition) is 6. The van der Waals surface area contributed by atoms with Crippen molar-refractivity contribution in [3.8, 4) is 17.2 Å². The molecule has 0 saturated carbocycles. The first-order valence-corrected chi connectivity index (χ1v) is 15.1. The molecule has 4 rings (SSSR count). The summed E-state index contributed by atoms with van der Waals surface area (Å²) in [5, 5.41) is 2.58. The third-order valence-corrected chi connectivity index (χ3v) is 8.71. The Kier molecular flexibility index (Phi) is 10.0. The Balaban J connectivity index is 1.69. The predicted octanol–water partition coefficient (Wildman–Crippen LogP) is 5.15. The Labute approximate surface area is 252 Å². The van der Waals surface area contributed by atoms with Crippen LogP contribution in [0.15, 0.2) is 108 Å². The molecule has 0 spiro atoms. The summed E-state index contributed by atoms with van der Waals surface area (Å²) in [6.07, 6.45) is 0. The van der Waals surface area contributed by atoms with E-state index in [1.165, 1.54) is 24.1 Å². The van der Waals surface area contributed by atoms with E-state index < -0.39 is 28.5 Å². The Bertz CT molecular complexity index is 1630. The molecule has 0 unspecified atom stereocenters. The third-order valence-electron chi connectivity index (χ3n) is 6.92. The zero-order valence-corrected chi connectivity index (χ0v) is 25.4. The fourth-order valence-electron chi connectivity index (χ4n) is 4.39. The first-order valence-electron chi connectivity index (χ1n) is 13.7. The molecule has 0 saturated heterocycles. The zero-order valence-electron chi connectivity index (χ0n) is 24.6. The van der Waals surface area contributed by atoms with E-state index in [2.05, 4.69) is 5.32 Å². The van der Waals surface area contributed by atoms with Crippen LogP contribution in [0.1, 0.15) is 18.1 Å². The van der Waals surface area contributed by atoms with Crippen molar-refractivity contribution in [1.82, 2.24) is 10.2 Å². The van der Waals surface area contributed by atoms with Gasteiger partial charge in [0.1, 0.15) is 29.8 Å². The highest BCUT2D eigenvalue weighted by atomic mass is 32.2. The number of carbonyl (C=O) groups excluding carboxylic acids is 2. The van der Waals surface area contributed by atoms with Gasteiger partial charge in [0, 0.05) is 13.6 Å². The zero-order chi connectivity index (χ0) is 31.0. The van der Waals surface area contributed by atoms with Gasteiger partial charge in [0.2, 0.25) is 11.8 Å². The highest BCUT2D eigenvalue weighted by molar-refractivity contribution is 7.92. The fraction of sp³-hybridized carbons (Fsp3) is 0.212. The monoisotopic (exact) mass is 601 g/mol. The van der Waals surface area contributed by atoms with E-state index in [1.54, 1.807) is 74.7 Å². The lowest BCUT2D eigenvalue weighted by Crippen LogP contribution is -2.50. The second kappa shape index (κ2) is 13.9. The van der Waals surface area contributed by atoms with Gasteiger partial charge in [-0.2, -0.15) is 0 Å². The molecule has 10 heteroatoms. The van der Waals surface area contributed by atoms with Crippen molar-refractivity contribution in [1.29, 1.82) is 0 Å². The van der Waals surface area contributed by atoms with Crippen molar-refractivity contribution < 1.29 is 27.5 Å². The van der Waals surface area contributed by atoms with Crippen molar-refractivity contribution in [3.63, 3.8) is 0 Å². The van der Waals surface area contributed by atoms with E-state index >= 15 is 0 Å². The standard InChI is InChI=1S/C33H35N3O6S/c1-24-10-20-31(21-11-24)43(39,40)36(27-14-18-30(19-15-27)42-29-8-6-5-7-9-29)23-32(37)35(25(2)33(38)34-3)22-26-12-16-28(41-4)17-13-26/h5-21,25H,22-23H2,1-4H3,(H,34,38)/t25-/m0/s1. The van der Waals surface area contributed by atoms with Crippen molar-refractivity contribution in [2.45, 2.75) is 31.3 Å². The van der Waals surface area contributed by atoms with E-state index in [0.717, 1.165) is 15.4 Å². The molecule has 0 heterocycles. The predicted molar refractivity (Wildman–Crippen MR) is 166 cm³/mol. The third kappa shape index (κ3) is 7.72. The van der Waals surface area contributed by atoms with E-state index in [-0.39, 0.29) is 23.0 Å². The van der Waals surface area contributed by atoms with Gasteiger partial charge in [-0.05, 0) is 80.1 Å². The SMILES string of the molecule is CNC(=O)[C@H](C)N(Cc1ccc(OC)cc1)C(=O)CN(c1ccc(Oc2ccccc2)cc1)S(=O)(=O)c1ccc(C)cc1. The van der Waals surface area contributed by atoms with Crippen LogP contribution in [0.25, 0.3) is 0 Å². The minimum Gasteiger partial charge on any atom is -0.497 e. The average Bonchev–Trinajstić information content (AvgIpc) is 3.03. The van der Waals surface area contributed by atoms with E-state index in [1.807, 2.05) is 37.3 Å². The average molecular weight is 602 g/mol. The highest BCUT2D eigenvalue weighted by Crippen LogP contribution is 2.29. The van der Waals surface area contributed by atoms with Gasteiger partial charge in [-0.3, -0.25) is 13.9 Å². The Morgan fingerprint density at radius 1 is 0.814 bits per heavy atom. The van der Waals surface area contributed by atoms with Gasteiger partial charge in [0.05, 0.1) is 17.7 Å². The molecule has 4 aromatic rings. The van der Waals surface area contributed by atoms with Crippen LogP contribution in [-0.4, -0.2) is 51.9 Å². The first-order chi connectivity index (χ1) is 20.6. The van der Waals surface area contributed by atoms with Crippen LogP contribution in [0.2, 0.25) is 0 Å². The highest BCUT2D eigenvalue weighted by Gasteiger charge is 2.32. The van der Waals surface area contributed by atoms with E-state index in [4.69, 9.17) is 9.47 Å². The second-order valence-corrected chi connectivity index (χ2v) is 11.8. The number of carbonyl (C=O) groups is 2. The molecule has 0 aliphatic rings. The van der Waals surface area contributed by atoms with Gasteiger partial charge < -0.3 is 19.7 Å². The van der Waals surface area contributed by atoms with Crippen molar-refractivity contribution in [2.24, 2.45) is 0 Å². The number of hydrogen-bond donors (Lipinski definition) is 1. The Morgan fingerprint density at radius 2 is 1.40 bits per heavy atom. The van der Waals surface area contributed by atoms with Gasteiger partial charge in [-0.15, -0.1) is 0 Å². The van der Waals surface area contributed by atoms with Crippen LogP contribution in [0.5, 0.6) is 17.2 Å². The summed E-state index contributed by atoms with van der Waals surface area (Å²) in [6.45, 7) is 3.02. The molecule has 0 bridgehead atoms. The number of sulfonamides is 1. The topological polar surface area (TPSA) is 105 Å². The molecule has 0 aromatic heterocycles. The molecule has 4 aromatic carbocycles. The van der Waals surface area contributed by atoms with Gasteiger partial charge in [-0.1, -0.05) is 48.0 Å². The summed E-state index contributed by atoms with van der Waals surface area (Å²) in [5.41, 5.74) is 1.92. The molecule has 0 aliphatic carbocycles. The number of likely N-dealkylation sites (N-methyl/N-ethyl adjacent to an activating group) is 1. The molecule has 0 radical (unpaired) electrons. The van der Waals surface area contributed by atoms with E-state index in [9.17, 15) is 18.0 Å². The van der Waals surface area contributed by atoms with Gasteiger partial charge in [0.15, 0.2) is 0 Å². The summed E-state index contributed by atoms with van der Waals surface area (Å²) in [4.78, 5) is 28.0. The molecular formula is C33H35N3O6S. The largest absolute Gasteiger partial charge is 0.497 e. The van der Waals surface area contributed by atoms with Gasteiger partial charge in [0.25, 0.3) is 10.0 Å². The van der Waals surface area contributed by atoms with Crippen LogP contribution in [-0.2, 0) is 26.2 Å². The summed E-state index contributed by atoms with van der Waals surface area (Å²) < 4.78 is 40.2. The minimum absolute atomic E-state index is 0.0385. The quantitative estimate of drug-likeness (QED) is 0.241. The number of ether oxygens (including phenoxy) is 2. The van der Waals surface area contributed by atoms with Crippen LogP contribution in [0.3, 0.4) is 0 Å². The minimum atomic E-state index is -4.18. The first kappa shape index (κ1) is 31.1. The molecule has 0 aliphatic heterocycles. The number of amides is 2. The lowest BCUT2D eigenvalue weighted by molar-refractivity contribution is -0.139. The molecule has 224 valence electrons. The van der Waals surface area contributed by atoms with E-state index in [0.29, 0.717) is 17.2 Å². The van der Waals surface area contributed by atoms with Gasteiger partial charge in [-0.25, -0.2) is 8.42 Å². The maximum absolute atomic E-state index is 14.0. The summed E-state index contributed by atoms with van der Waals surface area (Å²) in [5.74, 6) is 0.857. The molecule has 2 amide bonds. The molecule has 1 N–H and O–H groups in total. The number of methoxy groups -OCH3 is 1. The number of benzene rings is 4. The molecular weight excluding hydrogens is 566 g/mol. The number of anilines is 1. The lowest BCUT2D eigenvalue weighted by Gasteiger charge is -2.31. The smallest absolute Gasteiger partial charge is 0.264 e. The van der Waals surface area contributed by atoms with Crippen molar-refractivity contribution >= 4 is 27.5 Å². The molecule has 9 nitrogen and oxygen atoms in total. The number of aryl methyl sites for hydroxylation is 1. The second-order valence-electron chi connectivity index (χ2n) is 9.89. The summed E-state index contributed by atoms with van der Waals surface area (Å²) in [7, 11) is -1.13. The normalized spacial score (nSPS) is 11.7. The number of nitrogens with zero attached hydrogens (tertiary/aromatic N) is 2. The maximum atomic E-state index is 14.0.